The Morgan fingerprint density at radius 2 is 2.00 bits per heavy atom. The van der Waals surface area contributed by atoms with Gasteiger partial charge in [-0.2, -0.15) is 0 Å². The molecule has 3 heterocycles. The Morgan fingerprint density at radius 3 is 2.85 bits per heavy atom. The summed E-state index contributed by atoms with van der Waals surface area (Å²) in [5, 5.41) is 23.4. The van der Waals surface area contributed by atoms with Crippen LogP contribution in [0.4, 0.5) is 5.82 Å². The summed E-state index contributed by atoms with van der Waals surface area (Å²) in [4.78, 5) is 1.26. The van der Waals surface area contributed by atoms with Gasteiger partial charge in [0.05, 0.1) is 6.54 Å². The van der Waals surface area contributed by atoms with Crippen LogP contribution in [0, 0.1) is 0 Å². The molecule has 0 aliphatic heterocycles. The highest BCUT2D eigenvalue weighted by atomic mass is 32.1. The van der Waals surface area contributed by atoms with E-state index in [4.69, 9.17) is 0 Å². The lowest BCUT2D eigenvalue weighted by Gasteiger charge is -2.07. The number of anilines is 1. The zero-order chi connectivity index (χ0) is 13.4. The monoisotopic (exact) mass is 282 g/mol. The molecule has 0 atom stereocenters. The van der Waals surface area contributed by atoms with Crippen molar-refractivity contribution in [3.63, 3.8) is 0 Å². The van der Waals surface area contributed by atoms with Crippen LogP contribution in [0.25, 0.3) is 16.4 Å². The van der Waals surface area contributed by atoms with Crippen molar-refractivity contribution in [2.45, 2.75) is 6.54 Å². The van der Waals surface area contributed by atoms with Crippen molar-refractivity contribution in [3.05, 3.63) is 46.7 Å². The largest absolute Gasteiger partial charge is 0.363 e. The zero-order valence-electron chi connectivity index (χ0n) is 10.4. The standard InChI is InChI=1S/C13H10N6S/c1-2-6-11-10(5-1)12(14-8-9-4-3-7-20-9)16-19-13(11)15-17-18-19/h1-7H,8H2,(H,14,16). The van der Waals surface area contributed by atoms with Crippen LogP contribution in [0.3, 0.4) is 0 Å². The smallest absolute Gasteiger partial charge is 0.207 e. The topological polar surface area (TPSA) is 68.0 Å². The fraction of sp³-hybridized carbons (Fsp3) is 0.0769. The van der Waals surface area contributed by atoms with E-state index in [-0.39, 0.29) is 0 Å². The first-order valence-electron chi connectivity index (χ1n) is 6.15. The quantitative estimate of drug-likeness (QED) is 0.624. The van der Waals surface area contributed by atoms with Gasteiger partial charge in [-0.3, -0.25) is 0 Å². The fourth-order valence-electron chi connectivity index (χ4n) is 2.16. The average molecular weight is 282 g/mol. The van der Waals surface area contributed by atoms with E-state index in [2.05, 4.69) is 37.4 Å². The first-order valence-corrected chi connectivity index (χ1v) is 7.03. The molecule has 0 radical (unpaired) electrons. The SMILES string of the molecule is c1csc(CNc2nn3nnnc3c3ccccc23)c1. The van der Waals surface area contributed by atoms with E-state index >= 15 is 0 Å². The van der Waals surface area contributed by atoms with Gasteiger partial charge in [0.2, 0.25) is 5.65 Å². The summed E-state index contributed by atoms with van der Waals surface area (Å²) in [7, 11) is 0. The Hall–Kier alpha value is -2.54. The molecule has 0 spiro atoms. The molecule has 6 nitrogen and oxygen atoms in total. The molecule has 4 rings (SSSR count). The van der Waals surface area contributed by atoms with E-state index in [1.807, 2.05) is 30.3 Å². The normalized spacial score (nSPS) is 11.2. The third kappa shape index (κ3) is 1.79. The van der Waals surface area contributed by atoms with Crippen molar-refractivity contribution in [2.24, 2.45) is 0 Å². The number of fused-ring (bicyclic) bond motifs is 3. The Labute approximate surface area is 118 Å². The Bertz CT molecular complexity index is 867. The average Bonchev–Trinajstić information content (AvgIpc) is 3.16. The molecule has 0 bridgehead atoms. The lowest BCUT2D eigenvalue weighted by molar-refractivity contribution is 0.737. The molecule has 0 fully saturated rings. The number of hydrogen-bond acceptors (Lipinski definition) is 6. The predicted molar refractivity (Wildman–Crippen MR) is 77.7 cm³/mol. The number of benzene rings is 1. The van der Waals surface area contributed by atoms with Gasteiger partial charge in [0.1, 0.15) is 0 Å². The summed E-state index contributed by atoms with van der Waals surface area (Å²) in [5.41, 5.74) is 0.669. The second-order valence-corrected chi connectivity index (χ2v) is 5.35. The molecular formula is C13H10N6S. The van der Waals surface area contributed by atoms with Gasteiger partial charge in [0.25, 0.3) is 0 Å². The van der Waals surface area contributed by atoms with Crippen molar-refractivity contribution in [3.8, 4) is 0 Å². The molecule has 0 unspecified atom stereocenters. The minimum Gasteiger partial charge on any atom is -0.363 e. The summed E-state index contributed by atoms with van der Waals surface area (Å²) < 4.78 is 1.46. The van der Waals surface area contributed by atoms with E-state index in [1.165, 1.54) is 9.51 Å². The summed E-state index contributed by atoms with van der Waals surface area (Å²) in [6.45, 7) is 0.738. The number of tetrazole rings is 1. The van der Waals surface area contributed by atoms with Crippen LogP contribution in [0.15, 0.2) is 41.8 Å². The van der Waals surface area contributed by atoms with Crippen molar-refractivity contribution in [1.82, 2.24) is 25.3 Å². The van der Waals surface area contributed by atoms with Gasteiger partial charge in [0.15, 0.2) is 5.82 Å². The van der Waals surface area contributed by atoms with Gasteiger partial charge in [-0.15, -0.1) is 26.2 Å². The van der Waals surface area contributed by atoms with E-state index in [0.717, 1.165) is 23.1 Å². The van der Waals surface area contributed by atoms with Crippen LogP contribution < -0.4 is 5.32 Å². The molecule has 3 aromatic heterocycles. The van der Waals surface area contributed by atoms with Crippen LogP contribution in [0.1, 0.15) is 4.88 Å². The van der Waals surface area contributed by atoms with Crippen LogP contribution in [0.2, 0.25) is 0 Å². The molecule has 98 valence electrons. The predicted octanol–water partition coefficient (Wildman–Crippen LogP) is 2.35. The van der Waals surface area contributed by atoms with Crippen molar-refractivity contribution >= 4 is 33.6 Å². The van der Waals surface area contributed by atoms with Gasteiger partial charge in [0, 0.05) is 15.6 Å². The molecule has 0 aliphatic carbocycles. The number of hydrogen-bond donors (Lipinski definition) is 1. The Balaban J connectivity index is 1.83. The molecule has 20 heavy (non-hydrogen) atoms. The molecule has 1 aromatic carbocycles. The minimum absolute atomic E-state index is 0.669. The van der Waals surface area contributed by atoms with Crippen LogP contribution >= 0.6 is 11.3 Å². The number of rotatable bonds is 3. The van der Waals surface area contributed by atoms with Gasteiger partial charge < -0.3 is 5.32 Å². The van der Waals surface area contributed by atoms with Gasteiger partial charge in [-0.05, 0) is 21.9 Å². The molecule has 0 saturated heterocycles. The Morgan fingerprint density at radius 1 is 1.10 bits per heavy atom. The third-order valence-electron chi connectivity index (χ3n) is 3.08. The van der Waals surface area contributed by atoms with Gasteiger partial charge >= 0.3 is 0 Å². The number of nitrogens with one attached hydrogen (secondary N) is 1. The Kier molecular flexibility index (Phi) is 2.56. The summed E-state index contributed by atoms with van der Waals surface area (Å²) in [5.74, 6) is 0.786. The number of nitrogens with zero attached hydrogens (tertiary/aromatic N) is 5. The second-order valence-electron chi connectivity index (χ2n) is 4.32. The van der Waals surface area contributed by atoms with E-state index in [0.29, 0.717) is 5.65 Å². The van der Waals surface area contributed by atoms with Crippen molar-refractivity contribution < 1.29 is 0 Å². The van der Waals surface area contributed by atoms with Crippen LogP contribution in [-0.4, -0.2) is 25.3 Å². The summed E-state index contributed by atoms with van der Waals surface area (Å²) in [6.07, 6.45) is 0. The molecule has 7 heteroatoms. The first-order chi connectivity index (χ1) is 9.92. The molecule has 0 amide bonds. The summed E-state index contributed by atoms with van der Waals surface area (Å²) in [6, 6.07) is 12.1. The van der Waals surface area contributed by atoms with E-state index < -0.39 is 0 Å². The zero-order valence-corrected chi connectivity index (χ0v) is 11.2. The maximum Gasteiger partial charge on any atom is 0.207 e. The molecular weight excluding hydrogens is 272 g/mol. The summed E-state index contributed by atoms with van der Waals surface area (Å²) >= 11 is 1.72. The lowest BCUT2D eigenvalue weighted by atomic mass is 10.2. The molecule has 0 saturated carbocycles. The highest BCUT2D eigenvalue weighted by Crippen LogP contribution is 2.24. The first kappa shape index (κ1) is 11.3. The number of thiophene rings is 1. The molecule has 0 aliphatic rings. The van der Waals surface area contributed by atoms with Gasteiger partial charge in [-0.25, -0.2) is 0 Å². The third-order valence-corrected chi connectivity index (χ3v) is 3.96. The van der Waals surface area contributed by atoms with Crippen molar-refractivity contribution in [2.75, 3.05) is 5.32 Å². The van der Waals surface area contributed by atoms with Gasteiger partial charge in [-0.1, -0.05) is 30.3 Å². The maximum atomic E-state index is 4.44. The van der Waals surface area contributed by atoms with Crippen LogP contribution in [-0.2, 0) is 6.54 Å². The van der Waals surface area contributed by atoms with E-state index in [1.54, 1.807) is 11.3 Å². The second kappa shape index (κ2) is 4.53. The highest BCUT2D eigenvalue weighted by molar-refractivity contribution is 7.09. The minimum atomic E-state index is 0.669. The molecule has 4 aromatic rings. The van der Waals surface area contributed by atoms with Crippen molar-refractivity contribution in [1.29, 1.82) is 0 Å². The fourth-order valence-corrected chi connectivity index (χ4v) is 2.80. The number of aromatic nitrogens is 5. The molecule has 1 N–H and O–H groups in total. The lowest BCUT2D eigenvalue weighted by Crippen LogP contribution is -2.05. The maximum absolute atomic E-state index is 4.44. The van der Waals surface area contributed by atoms with E-state index in [9.17, 15) is 0 Å². The van der Waals surface area contributed by atoms with Crippen LogP contribution in [0.5, 0.6) is 0 Å². The highest BCUT2D eigenvalue weighted by Gasteiger charge is 2.10.